The van der Waals surface area contributed by atoms with Crippen LogP contribution in [0, 0.1) is 0 Å². The summed E-state index contributed by atoms with van der Waals surface area (Å²) in [6.07, 6.45) is 13.0. The molecular formula is C16H30NaO2. The first-order chi connectivity index (χ1) is 8.68. The van der Waals surface area contributed by atoms with Gasteiger partial charge < -0.3 is 4.74 Å². The predicted molar refractivity (Wildman–Crippen MR) is 83.4 cm³/mol. The third-order valence-corrected chi connectivity index (χ3v) is 3.08. The topological polar surface area (TPSA) is 26.3 Å². The minimum atomic E-state index is -0.258. The number of esters is 1. The summed E-state index contributed by atoms with van der Waals surface area (Å²) in [7, 11) is 0. The van der Waals surface area contributed by atoms with E-state index >= 15 is 0 Å². The van der Waals surface area contributed by atoms with Crippen LogP contribution in [0.5, 0.6) is 0 Å². The van der Waals surface area contributed by atoms with Crippen molar-refractivity contribution >= 4 is 35.5 Å². The molecule has 0 aliphatic rings. The standard InChI is InChI=1S/C16H30O2.Na/c1-4-5-6-7-8-9-10-11-12-13-14-18-16(17)15(2)3;/h2,4-14H2,1,3H3;. The molecule has 0 fully saturated rings. The van der Waals surface area contributed by atoms with Crippen LogP contribution in [0.2, 0.25) is 0 Å². The van der Waals surface area contributed by atoms with Gasteiger partial charge in [0.25, 0.3) is 0 Å². The van der Waals surface area contributed by atoms with E-state index in [0.29, 0.717) is 12.2 Å². The van der Waals surface area contributed by atoms with Crippen molar-refractivity contribution in [3.05, 3.63) is 12.2 Å². The van der Waals surface area contributed by atoms with Gasteiger partial charge in [0.05, 0.1) is 6.61 Å². The molecule has 19 heavy (non-hydrogen) atoms. The Morgan fingerprint density at radius 1 is 0.895 bits per heavy atom. The van der Waals surface area contributed by atoms with Gasteiger partial charge in [0.15, 0.2) is 0 Å². The van der Waals surface area contributed by atoms with Gasteiger partial charge in [-0.2, -0.15) is 0 Å². The van der Waals surface area contributed by atoms with Crippen molar-refractivity contribution in [2.75, 3.05) is 6.61 Å². The van der Waals surface area contributed by atoms with Crippen molar-refractivity contribution < 1.29 is 9.53 Å². The number of ether oxygens (including phenoxy) is 1. The number of carbonyl (C=O) groups excluding carboxylic acids is 1. The predicted octanol–water partition coefficient (Wildman–Crippen LogP) is 4.65. The third-order valence-electron chi connectivity index (χ3n) is 3.08. The molecule has 0 atom stereocenters. The van der Waals surface area contributed by atoms with Crippen LogP contribution in [0.1, 0.15) is 78.1 Å². The van der Waals surface area contributed by atoms with Crippen molar-refractivity contribution in [3.63, 3.8) is 0 Å². The Kier molecular flexibility index (Phi) is 18.4. The molecule has 1 radical (unpaired) electrons. The number of unbranched alkanes of at least 4 members (excludes halogenated alkanes) is 9. The minimum absolute atomic E-state index is 0. The summed E-state index contributed by atoms with van der Waals surface area (Å²) in [5.41, 5.74) is 0.488. The number of hydrogen-bond donors (Lipinski definition) is 0. The van der Waals surface area contributed by atoms with Crippen LogP contribution < -0.4 is 0 Å². The van der Waals surface area contributed by atoms with E-state index in [4.69, 9.17) is 4.74 Å². The van der Waals surface area contributed by atoms with Crippen molar-refractivity contribution in [1.29, 1.82) is 0 Å². The summed E-state index contributed by atoms with van der Waals surface area (Å²) in [5, 5.41) is 0. The van der Waals surface area contributed by atoms with Gasteiger partial charge in [0, 0.05) is 35.1 Å². The Bertz CT molecular complexity index is 227. The molecule has 0 aromatic heterocycles. The molecule has 0 amide bonds. The van der Waals surface area contributed by atoms with Gasteiger partial charge in [0.1, 0.15) is 0 Å². The molecule has 0 aliphatic carbocycles. The van der Waals surface area contributed by atoms with E-state index < -0.39 is 0 Å². The average Bonchev–Trinajstić information content (AvgIpc) is 2.35. The fourth-order valence-corrected chi connectivity index (χ4v) is 1.88. The van der Waals surface area contributed by atoms with Crippen molar-refractivity contribution in [3.8, 4) is 0 Å². The first kappa shape index (κ1) is 21.5. The monoisotopic (exact) mass is 277 g/mol. The number of rotatable bonds is 12. The van der Waals surface area contributed by atoms with Gasteiger partial charge in [-0.15, -0.1) is 0 Å². The average molecular weight is 277 g/mol. The van der Waals surface area contributed by atoms with Crippen LogP contribution in [-0.4, -0.2) is 42.1 Å². The van der Waals surface area contributed by atoms with Crippen LogP contribution >= 0.6 is 0 Å². The Balaban J connectivity index is 0. The molecule has 0 spiro atoms. The molecule has 0 saturated carbocycles. The van der Waals surface area contributed by atoms with Crippen molar-refractivity contribution in [2.24, 2.45) is 0 Å². The Morgan fingerprint density at radius 2 is 1.32 bits per heavy atom. The van der Waals surface area contributed by atoms with E-state index in [9.17, 15) is 4.79 Å². The van der Waals surface area contributed by atoms with Gasteiger partial charge in [0.2, 0.25) is 0 Å². The molecule has 0 rings (SSSR count). The molecule has 3 heteroatoms. The molecule has 0 saturated heterocycles. The van der Waals surface area contributed by atoms with Gasteiger partial charge in [-0.25, -0.2) is 4.79 Å². The second kappa shape index (κ2) is 16.3. The smallest absolute Gasteiger partial charge is 0.333 e. The molecule has 0 aliphatic heterocycles. The fraction of sp³-hybridized carbons (Fsp3) is 0.812. The van der Waals surface area contributed by atoms with E-state index in [0.717, 1.165) is 6.42 Å². The number of hydrogen-bond acceptors (Lipinski definition) is 2. The zero-order valence-electron chi connectivity index (χ0n) is 13.3. The molecular weight excluding hydrogens is 247 g/mol. The Labute approximate surface area is 141 Å². The van der Waals surface area contributed by atoms with Crippen LogP contribution in [0.3, 0.4) is 0 Å². The number of carbonyl (C=O) groups is 1. The molecule has 107 valence electrons. The molecule has 0 heterocycles. The summed E-state index contributed by atoms with van der Waals surface area (Å²) in [4.78, 5) is 11.1. The van der Waals surface area contributed by atoms with Gasteiger partial charge in [-0.3, -0.25) is 0 Å². The summed E-state index contributed by atoms with van der Waals surface area (Å²) < 4.78 is 5.04. The van der Waals surface area contributed by atoms with Crippen LogP contribution in [0.15, 0.2) is 12.2 Å². The molecule has 0 bridgehead atoms. The molecule has 0 aromatic rings. The largest absolute Gasteiger partial charge is 0.462 e. The van der Waals surface area contributed by atoms with Gasteiger partial charge in [-0.05, 0) is 13.3 Å². The summed E-state index contributed by atoms with van der Waals surface area (Å²) in [6, 6.07) is 0. The molecule has 0 unspecified atom stereocenters. The quantitative estimate of drug-likeness (QED) is 0.225. The summed E-state index contributed by atoms with van der Waals surface area (Å²) in [5.74, 6) is -0.258. The maximum Gasteiger partial charge on any atom is 0.333 e. The Morgan fingerprint density at radius 3 is 1.74 bits per heavy atom. The van der Waals surface area contributed by atoms with Crippen molar-refractivity contribution in [1.82, 2.24) is 0 Å². The SMILES string of the molecule is C=C(C)C(=O)OCCCCCCCCCCCC.[Na]. The Hall–Kier alpha value is 0.210. The minimum Gasteiger partial charge on any atom is -0.462 e. The summed E-state index contributed by atoms with van der Waals surface area (Å²) >= 11 is 0. The fourth-order valence-electron chi connectivity index (χ4n) is 1.88. The zero-order chi connectivity index (χ0) is 13.6. The molecule has 2 nitrogen and oxygen atoms in total. The first-order valence-corrected chi connectivity index (χ1v) is 7.51. The van der Waals surface area contributed by atoms with E-state index in [1.54, 1.807) is 6.92 Å². The normalized spacial score (nSPS) is 9.79. The van der Waals surface area contributed by atoms with Crippen LogP contribution in [-0.2, 0) is 9.53 Å². The van der Waals surface area contributed by atoms with Gasteiger partial charge >= 0.3 is 5.97 Å². The zero-order valence-corrected chi connectivity index (χ0v) is 15.3. The van der Waals surface area contributed by atoms with E-state index in [1.807, 2.05) is 0 Å². The first-order valence-electron chi connectivity index (χ1n) is 7.51. The maximum absolute atomic E-state index is 11.1. The second-order valence-corrected chi connectivity index (χ2v) is 5.10. The van der Waals surface area contributed by atoms with E-state index in [-0.39, 0.29) is 35.5 Å². The second-order valence-electron chi connectivity index (χ2n) is 5.10. The molecule has 0 N–H and O–H groups in total. The summed E-state index contributed by atoms with van der Waals surface area (Å²) in [6.45, 7) is 8.03. The maximum atomic E-state index is 11.1. The van der Waals surface area contributed by atoms with Crippen LogP contribution in [0.4, 0.5) is 0 Å². The van der Waals surface area contributed by atoms with E-state index in [1.165, 1.54) is 57.8 Å². The third kappa shape index (κ3) is 16.2. The van der Waals surface area contributed by atoms with Crippen molar-refractivity contribution in [2.45, 2.75) is 78.1 Å². The van der Waals surface area contributed by atoms with Crippen LogP contribution in [0.25, 0.3) is 0 Å². The van der Waals surface area contributed by atoms with E-state index in [2.05, 4.69) is 13.5 Å². The van der Waals surface area contributed by atoms with Gasteiger partial charge in [-0.1, -0.05) is 71.3 Å². The molecule has 0 aromatic carbocycles.